The Balaban J connectivity index is 1.27. The van der Waals surface area contributed by atoms with Crippen LogP contribution >= 0.6 is 0 Å². The van der Waals surface area contributed by atoms with Gasteiger partial charge in [0.25, 0.3) is 0 Å². The number of hydrogen-bond donors (Lipinski definition) is 1. The van der Waals surface area contributed by atoms with Gasteiger partial charge in [-0.1, -0.05) is 6.07 Å². The van der Waals surface area contributed by atoms with Gasteiger partial charge in [0.15, 0.2) is 5.78 Å². The molecule has 1 aromatic carbocycles. The van der Waals surface area contributed by atoms with E-state index in [1.165, 1.54) is 5.56 Å². The van der Waals surface area contributed by atoms with E-state index in [1.54, 1.807) is 13.3 Å². The maximum absolute atomic E-state index is 12.8. The van der Waals surface area contributed by atoms with Crippen LogP contribution in [0.3, 0.4) is 0 Å². The summed E-state index contributed by atoms with van der Waals surface area (Å²) in [7, 11) is 1.63. The highest BCUT2D eigenvalue weighted by atomic mass is 16.5. The van der Waals surface area contributed by atoms with Crippen LogP contribution in [-0.4, -0.2) is 71.1 Å². The zero-order valence-corrected chi connectivity index (χ0v) is 17.6. The van der Waals surface area contributed by atoms with Gasteiger partial charge in [0.2, 0.25) is 0 Å². The van der Waals surface area contributed by atoms with Crippen molar-refractivity contribution in [3.05, 3.63) is 59.9 Å². The van der Waals surface area contributed by atoms with Crippen molar-refractivity contribution in [2.45, 2.75) is 38.0 Å². The Labute approximate surface area is 178 Å². The van der Waals surface area contributed by atoms with Gasteiger partial charge in [-0.25, -0.2) is 0 Å². The molecule has 0 unspecified atom stereocenters. The Hall–Kier alpha value is -2.28. The Morgan fingerprint density at radius 2 is 1.90 bits per heavy atom. The van der Waals surface area contributed by atoms with Gasteiger partial charge in [0.1, 0.15) is 5.75 Å². The number of aliphatic hydroxyl groups excluding tert-OH is 1. The summed E-state index contributed by atoms with van der Waals surface area (Å²) in [6.07, 6.45) is 5.99. The van der Waals surface area contributed by atoms with Gasteiger partial charge in [-0.3, -0.25) is 19.6 Å². The molecule has 2 aliphatic heterocycles. The minimum atomic E-state index is -0.357. The zero-order valence-electron chi connectivity index (χ0n) is 17.6. The summed E-state index contributed by atoms with van der Waals surface area (Å²) < 4.78 is 5.18. The Morgan fingerprint density at radius 3 is 2.53 bits per heavy atom. The number of β-amino-alcohol motifs (C(OH)–C–C–N with tert-alkyl or cyclic N) is 1. The van der Waals surface area contributed by atoms with Crippen molar-refractivity contribution in [3.8, 4) is 5.75 Å². The fourth-order valence-electron chi connectivity index (χ4n) is 4.79. The van der Waals surface area contributed by atoms with E-state index in [9.17, 15) is 9.90 Å². The molecule has 0 bridgehead atoms. The summed E-state index contributed by atoms with van der Waals surface area (Å²) in [5, 5.41) is 10.8. The van der Waals surface area contributed by atoms with Crippen molar-refractivity contribution in [1.29, 1.82) is 0 Å². The highest BCUT2D eigenvalue weighted by Gasteiger charge is 2.35. The van der Waals surface area contributed by atoms with Gasteiger partial charge in [0, 0.05) is 49.6 Å². The Kier molecular flexibility index (Phi) is 6.77. The number of aromatic nitrogens is 1. The first-order valence-corrected chi connectivity index (χ1v) is 10.9. The molecule has 30 heavy (non-hydrogen) atoms. The normalized spacial score (nSPS) is 23.9. The van der Waals surface area contributed by atoms with Crippen LogP contribution in [0.5, 0.6) is 5.75 Å². The van der Waals surface area contributed by atoms with E-state index < -0.39 is 0 Å². The molecule has 2 fully saturated rings. The van der Waals surface area contributed by atoms with Crippen LogP contribution in [0.2, 0.25) is 0 Å². The monoisotopic (exact) mass is 409 g/mol. The lowest BCUT2D eigenvalue weighted by Crippen LogP contribution is -2.55. The molecule has 2 saturated heterocycles. The number of carbonyl (C=O) groups excluding carboxylic acids is 1. The number of aliphatic hydroxyl groups is 1. The molecule has 3 heterocycles. The number of methoxy groups -OCH3 is 1. The molecule has 6 nitrogen and oxygen atoms in total. The van der Waals surface area contributed by atoms with E-state index in [-0.39, 0.29) is 23.8 Å². The van der Waals surface area contributed by atoms with Crippen LogP contribution in [0.25, 0.3) is 0 Å². The smallest absolute Gasteiger partial charge is 0.166 e. The number of ether oxygens (including phenoxy) is 1. The van der Waals surface area contributed by atoms with Gasteiger partial charge >= 0.3 is 0 Å². The molecule has 0 aliphatic carbocycles. The Bertz CT molecular complexity index is 819. The number of likely N-dealkylation sites (tertiary alicyclic amines) is 2. The van der Waals surface area contributed by atoms with Crippen LogP contribution in [0.1, 0.15) is 35.2 Å². The third kappa shape index (κ3) is 4.89. The van der Waals surface area contributed by atoms with Crippen LogP contribution in [-0.2, 0) is 6.54 Å². The average Bonchev–Trinajstić information content (AvgIpc) is 2.80. The number of pyridine rings is 1. The first-order chi connectivity index (χ1) is 14.6. The fourth-order valence-corrected chi connectivity index (χ4v) is 4.79. The van der Waals surface area contributed by atoms with Crippen LogP contribution in [0, 0.1) is 5.92 Å². The lowest BCUT2D eigenvalue weighted by Gasteiger charge is -2.44. The first kappa shape index (κ1) is 21.0. The Morgan fingerprint density at radius 1 is 1.13 bits per heavy atom. The number of ketones is 1. The second-order valence-corrected chi connectivity index (χ2v) is 8.42. The number of rotatable bonds is 6. The van der Waals surface area contributed by atoms with Crippen LogP contribution in [0.4, 0.5) is 0 Å². The predicted octanol–water partition coefficient (Wildman–Crippen LogP) is 2.62. The number of benzene rings is 1. The van der Waals surface area contributed by atoms with Gasteiger partial charge < -0.3 is 9.84 Å². The van der Waals surface area contributed by atoms with E-state index in [2.05, 4.69) is 20.9 Å². The van der Waals surface area contributed by atoms with Crippen LogP contribution < -0.4 is 4.74 Å². The van der Waals surface area contributed by atoms with E-state index in [0.29, 0.717) is 6.54 Å². The van der Waals surface area contributed by atoms with Gasteiger partial charge in [-0.15, -0.1) is 0 Å². The average molecular weight is 410 g/mol. The fraction of sp³-hybridized carbons (Fsp3) is 0.500. The maximum Gasteiger partial charge on any atom is 0.166 e. The van der Waals surface area contributed by atoms with Crippen molar-refractivity contribution in [1.82, 2.24) is 14.8 Å². The van der Waals surface area contributed by atoms with E-state index in [1.807, 2.05) is 36.5 Å². The van der Waals surface area contributed by atoms with Crippen molar-refractivity contribution < 1.29 is 14.6 Å². The van der Waals surface area contributed by atoms with Crippen molar-refractivity contribution in [2.75, 3.05) is 33.3 Å². The molecular formula is C24H31N3O3. The number of carbonyl (C=O) groups is 1. The molecule has 160 valence electrons. The van der Waals surface area contributed by atoms with E-state index in [4.69, 9.17) is 4.74 Å². The van der Waals surface area contributed by atoms with Gasteiger partial charge in [0.05, 0.1) is 13.2 Å². The predicted molar refractivity (Wildman–Crippen MR) is 116 cm³/mol. The molecule has 0 radical (unpaired) electrons. The summed E-state index contributed by atoms with van der Waals surface area (Å²) >= 11 is 0. The summed E-state index contributed by atoms with van der Waals surface area (Å²) in [5.41, 5.74) is 1.94. The number of nitrogens with zero attached hydrogens (tertiary/aromatic N) is 3. The number of piperidine rings is 2. The van der Waals surface area contributed by atoms with Gasteiger partial charge in [-0.05, 0) is 68.2 Å². The quantitative estimate of drug-likeness (QED) is 0.740. The standard InChI is InChI=1S/C24H31N3O3/c1-30-21-6-4-19(5-7-21)24(29)20-8-13-27(14-9-20)22-10-12-26(17-23(22)28)16-18-3-2-11-25-15-18/h2-7,11,15,20,22-23,28H,8-10,12-14,16-17H2,1H3/t22-,23-/m0/s1. The molecule has 0 spiro atoms. The molecule has 4 rings (SSSR count). The topological polar surface area (TPSA) is 65.9 Å². The maximum atomic E-state index is 12.8. The number of hydrogen-bond acceptors (Lipinski definition) is 6. The van der Waals surface area contributed by atoms with E-state index >= 15 is 0 Å². The summed E-state index contributed by atoms with van der Waals surface area (Å²) in [5.74, 6) is 1.06. The zero-order chi connectivity index (χ0) is 20.9. The van der Waals surface area contributed by atoms with Crippen molar-refractivity contribution >= 4 is 5.78 Å². The lowest BCUT2D eigenvalue weighted by molar-refractivity contribution is -0.0251. The molecule has 6 heteroatoms. The van der Waals surface area contributed by atoms with Crippen molar-refractivity contribution in [2.24, 2.45) is 5.92 Å². The molecule has 2 atom stereocenters. The van der Waals surface area contributed by atoms with E-state index in [0.717, 1.165) is 56.8 Å². The highest BCUT2D eigenvalue weighted by Crippen LogP contribution is 2.27. The summed E-state index contributed by atoms with van der Waals surface area (Å²) in [4.78, 5) is 21.7. The molecule has 1 aromatic heterocycles. The second kappa shape index (κ2) is 9.69. The summed E-state index contributed by atoms with van der Waals surface area (Å²) in [6, 6.07) is 11.6. The molecular weight excluding hydrogens is 378 g/mol. The lowest BCUT2D eigenvalue weighted by atomic mass is 9.87. The molecule has 0 saturated carbocycles. The third-order valence-corrected chi connectivity index (χ3v) is 6.50. The van der Waals surface area contributed by atoms with Crippen molar-refractivity contribution in [3.63, 3.8) is 0 Å². The highest BCUT2D eigenvalue weighted by molar-refractivity contribution is 5.98. The second-order valence-electron chi connectivity index (χ2n) is 8.42. The minimum absolute atomic E-state index is 0.0671. The SMILES string of the molecule is COc1ccc(C(=O)C2CCN([C@H]3CCN(Cc4cccnc4)C[C@@H]3O)CC2)cc1. The largest absolute Gasteiger partial charge is 0.497 e. The van der Waals surface area contributed by atoms with Crippen LogP contribution in [0.15, 0.2) is 48.8 Å². The number of Topliss-reactive ketones (excluding diaryl/α,β-unsaturated/α-hetero) is 1. The molecule has 2 aromatic rings. The molecule has 1 N–H and O–H groups in total. The summed E-state index contributed by atoms with van der Waals surface area (Å²) in [6.45, 7) is 4.23. The minimum Gasteiger partial charge on any atom is -0.497 e. The van der Waals surface area contributed by atoms with Gasteiger partial charge in [-0.2, -0.15) is 0 Å². The molecule has 2 aliphatic rings. The molecule has 0 amide bonds. The third-order valence-electron chi connectivity index (χ3n) is 6.50. The first-order valence-electron chi connectivity index (χ1n) is 10.9.